The zero-order chi connectivity index (χ0) is 11.8. The molecule has 0 radical (unpaired) electrons. The van der Waals surface area contributed by atoms with Crippen LogP contribution in [-0.4, -0.2) is 25.1 Å². The van der Waals surface area contributed by atoms with Crippen LogP contribution in [-0.2, 0) is 9.53 Å². The predicted molar refractivity (Wildman–Crippen MR) is 67.1 cm³/mol. The smallest absolute Gasteiger partial charge is 0.306 e. The largest absolute Gasteiger partial charge is 0.469 e. The molecule has 0 aromatic carbocycles. The van der Waals surface area contributed by atoms with Crippen molar-refractivity contribution >= 4 is 17.7 Å². The Balaban J connectivity index is 4.29. The van der Waals surface area contributed by atoms with Gasteiger partial charge in [-0.3, -0.25) is 4.79 Å². The highest BCUT2D eigenvalue weighted by atomic mass is 32.2. The average Bonchev–Trinajstić information content (AvgIpc) is 2.22. The lowest BCUT2D eigenvalue weighted by Gasteiger charge is -2.20. The number of esters is 1. The zero-order valence-corrected chi connectivity index (χ0v) is 11.0. The van der Waals surface area contributed by atoms with Crippen LogP contribution in [0.2, 0.25) is 0 Å². The monoisotopic (exact) mass is 230 g/mol. The van der Waals surface area contributed by atoms with Crippen molar-refractivity contribution in [3.63, 3.8) is 0 Å². The fourth-order valence-electron chi connectivity index (χ4n) is 1.43. The molecule has 0 amide bonds. The van der Waals surface area contributed by atoms with Crippen LogP contribution in [0.25, 0.3) is 0 Å². The maximum Gasteiger partial charge on any atom is 0.306 e. The van der Waals surface area contributed by atoms with Gasteiger partial charge in [-0.15, -0.1) is 0 Å². The van der Waals surface area contributed by atoms with Crippen LogP contribution in [0, 0.1) is 11.8 Å². The van der Waals surface area contributed by atoms with Crippen LogP contribution in [0.3, 0.4) is 0 Å². The molecular weight excluding hydrogens is 208 g/mol. The van der Waals surface area contributed by atoms with E-state index < -0.39 is 0 Å². The lowest BCUT2D eigenvalue weighted by Crippen LogP contribution is -2.15. The molecule has 2 nitrogen and oxygen atoms in total. The average molecular weight is 230 g/mol. The summed E-state index contributed by atoms with van der Waals surface area (Å²) in [5, 5.41) is 0. The predicted octanol–water partition coefficient (Wildman–Crippen LogP) is 3.13. The van der Waals surface area contributed by atoms with Crippen LogP contribution >= 0.6 is 11.8 Å². The second kappa shape index (κ2) is 7.80. The number of hydrogen-bond acceptors (Lipinski definition) is 3. The third-order valence-electron chi connectivity index (χ3n) is 2.58. The number of hydrogen-bond donors (Lipinski definition) is 0. The second-order valence-corrected chi connectivity index (χ2v) is 4.97. The number of ether oxygens (including phenoxy) is 1. The first-order valence-corrected chi connectivity index (χ1v) is 6.66. The molecule has 0 aromatic heterocycles. The maximum absolute atomic E-state index is 11.2. The minimum Gasteiger partial charge on any atom is -0.469 e. The van der Waals surface area contributed by atoms with Gasteiger partial charge < -0.3 is 4.74 Å². The molecule has 0 rings (SSSR count). The molecule has 0 heterocycles. The summed E-state index contributed by atoms with van der Waals surface area (Å²) in [4.78, 5) is 11.2. The van der Waals surface area contributed by atoms with Gasteiger partial charge in [0.2, 0.25) is 0 Å². The maximum atomic E-state index is 11.2. The number of carbonyl (C=O) groups is 1. The van der Waals surface area contributed by atoms with Gasteiger partial charge in [0, 0.05) is 0 Å². The summed E-state index contributed by atoms with van der Waals surface area (Å²) >= 11 is 1.80. The highest BCUT2D eigenvalue weighted by Crippen LogP contribution is 2.25. The number of rotatable bonds is 7. The zero-order valence-electron chi connectivity index (χ0n) is 10.2. The molecular formula is C12H22O2S. The lowest BCUT2D eigenvalue weighted by molar-refractivity contribution is -0.141. The third kappa shape index (κ3) is 5.88. The number of allylic oxidation sites excluding steroid dienone is 1. The molecule has 0 spiro atoms. The molecule has 1 atom stereocenters. The number of carbonyl (C=O) groups excluding carboxylic acids is 1. The highest BCUT2D eigenvalue weighted by Gasteiger charge is 2.18. The molecule has 0 unspecified atom stereocenters. The standard InChI is InChI=1S/C12H22O2S/c1-9(2)10(3)11(6-7-15-5)8-12(13)14-4/h9,11H,3,6-8H2,1-2,4-5H3/t11-/m0/s1. The molecule has 3 heteroatoms. The van der Waals surface area contributed by atoms with Crippen molar-refractivity contribution in [3.8, 4) is 0 Å². The Morgan fingerprint density at radius 3 is 2.47 bits per heavy atom. The molecule has 0 bridgehead atoms. The lowest BCUT2D eigenvalue weighted by atomic mass is 9.87. The summed E-state index contributed by atoms with van der Waals surface area (Å²) in [6.07, 6.45) is 3.55. The first kappa shape index (κ1) is 14.6. The molecule has 15 heavy (non-hydrogen) atoms. The van der Waals surface area contributed by atoms with Gasteiger partial charge in [0.15, 0.2) is 0 Å². The Morgan fingerprint density at radius 1 is 1.47 bits per heavy atom. The van der Waals surface area contributed by atoms with Gasteiger partial charge in [0.05, 0.1) is 13.5 Å². The SMILES string of the molecule is C=C(C(C)C)[C@@H](CCSC)CC(=O)OC. The topological polar surface area (TPSA) is 26.3 Å². The molecule has 0 aliphatic heterocycles. The summed E-state index contributed by atoms with van der Waals surface area (Å²) in [6, 6.07) is 0. The molecule has 0 aliphatic rings. The summed E-state index contributed by atoms with van der Waals surface area (Å²) < 4.78 is 4.70. The van der Waals surface area contributed by atoms with Crippen molar-refractivity contribution in [1.29, 1.82) is 0 Å². The van der Waals surface area contributed by atoms with Gasteiger partial charge in [-0.1, -0.05) is 26.0 Å². The fraction of sp³-hybridized carbons (Fsp3) is 0.750. The minimum absolute atomic E-state index is 0.136. The summed E-state index contributed by atoms with van der Waals surface area (Å²) in [6.45, 7) is 8.31. The van der Waals surface area contributed by atoms with E-state index in [1.165, 1.54) is 7.11 Å². The normalized spacial score (nSPS) is 12.6. The van der Waals surface area contributed by atoms with Crippen molar-refractivity contribution in [3.05, 3.63) is 12.2 Å². The minimum atomic E-state index is -0.136. The molecule has 0 aliphatic carbocycles. The number of thioether (sulfide) groups is 1. The Morgan fingerprint density at radius 2 is 2.07 bits per heavy atom. The van der Waals surface area contributed by atoms with E-state index in [1.807, 2.05) is 0 Å². The van der Waals surface area contributed by atoms with Crippen molar-refractivity contribution < 1.29 is 9.53 Å². The van der Waals surface area contributed by atoms with Crippen molar-refractivity contribution in [2.24, 2.45) is 11.8 Å². The van der Waals surface area contributed by atoms with Gasteiger partial charge in [0.25, 0.3) is 0 Å². The first-order valence-electron chi connectivity index (χ1n) is 5.27. The van der Waals surface area contributed by atoms with E-state index in [4.69, 9.17) is 4.74 Å². The summed E-state index contributed by atoms with van der Waals surface area (Å²) in [5.74, 6) is 1.63. The van der Waals surface area contributed by atoms with Crippen LogP contribution in [0.15, 0.2) is 12.2 Å². The molecule has 88 valence electrons. The Bertz CT molecular complexity index is 212. The highest BCUT2D eigenvalue weighted by molar-refractivity contribution is 7.98. The molecule has 0 saturated heterocycles. The molecule has 0 N–H and O–H groups in total. The summed E-state index contributed by atoms with van der Waals surface area (Å²) in [5.41, 5.74) is 1.16. The van der Waals surface area contributed by atoms with Crippen molar-refractivity contribution in [2.75, 3.05) is 19.1 Å². The Hall–Kier alpha value is -0.440. The van der Waals surface area contributed by atoms with E-state index in [9.17, 15) is 4.79 Å². The van der Waals surface area contributed by atoms with E-state index in [0.717, 1.165) is 17.7 Å². The van der Waals surface area contributed by atoms with E-state index in [1.54, 1.807) is 11.8 Å². The summed E-state index contributed by atoms with van der Waals surface area (Å²) in [7, 11) is 1.44. The molecule has 0 saturated carbocycles. The molecule has 0 aromatic rings. The fourth-order valence-corrected chi connectivity index (χ4v) is 1.95. The van der Waals surface area contributed by atoms with Gasteiger partial charge in [-0.2, -0.15) is 11.8 Å². The van der Waals surface area contributed by atoms with Gasteiger partial charge >= 0.3 is 5.97 Å². The quantitative estimate of drug-likeness (QED) is 0.496. The van der Waals surface area contributed by atoms with E-state index in [2.05, 4.69) is 26.7 Å². The van der Waals surface area contributed by atoms with Crippen molar-refractivity contribution in [2.45, 2.75) is 26.7 Å². The second-order valence-electron chi connectivity index (χ2n) is 3.99. The Kier molecular flexibility index (Phi) is 7.57. The molecule has 0 fully saturated rings. The van der Waals surface area contributed by atoms with E-state index in [0.29, 0.717) is 12.3 Å². The number of methoxy groups -OCH3 is 1. The first-order chi connectivity index (χ1) is 7.02. The van der Waals surface area contributed by atoms with E-state index >= 15 is 0 Å². The Labute approximate surface area is 97.5 Å². The van der Waals surface area contributed by atoms with Crippen LogP contribution in [0.1, 0.15) is 26.7 Å². The van der Waals surface area contributed by atoms with Gasteiger partial charge in [-0.25, -0.2) is 0 Å². The van der Waals surface area contributed by atoms with Crippen LogP contribution < -0.4 is 0 Å². The van der Waals surface area contributed by atoms with E-state index in [-0.39, 0.29) is 11.9 Å². The van der Waals surface area contributed by atoms with Gasteiger partial charge in [0.1, 0.15) is 0 Å². The van der Waals surface area contributed by atoms with Crippen LogP contribution in [0.4, 0.5) is 0 Å². The van der Waals surface area contributed by atoms with Crippen LogP contribution in [0.5, 0.6) is 0 Å². The third-order valence-corrected chi connectivity index (χ3v) is 3.22. The van der Waals surface area contributed by atoms with Gasteiger partial charge in [-0.05, 0) is 30.3 Å². The van der Waals surface area contributed by atoms with Crippen molar-refractivity contribution in [1.82, 2.24) is 0 Å².